The van der Waals surface area contributed by atoms with Crippen LogP contribution in [0, 0.1) is 10.1 Å². The first-order valence-electron chi connectivity index (χ1n) is 6.91. The van der Waals surface area contributed by atoms with Crippen molar-refractivity contribution in [1.82, 2.24) is 4.90 Å². The van der Waals surface area contributed by atoms with E-state index in [0.29, 0.717) is 24.3 Å². The second-order valence-electron chi connectivity index (χ2n) is 5.43. The molecule has 3 rings (SSSR count). The fraction of sp³-hybridized carbons (Fsp3) is 0.500. The Morgan fingerprint density at radius 1 is 1.48 bits per heavy atom. The van der Waals surface area contributed by atoms with Crippen molar-refractivity contribution in [3.05, 3.63) is 33.9 Å². The molecule has 112 valence electrons. The summed E-state index contributed by atoms with van der Waals surface area (Å²) < 4.78 is 5.59. The Balaban J connectivity index is 2.08. The van der Waals surface area contributed by atoms with Crippen LogP contribution < -0.4 is 4.74 Å². The smallest absolute Gasteiger partial charge is 0.270 e. The van der Waals surface area contributed by atoms with Crippen LogP contribution in [0.3, 0.4) is 0 Å². The molecule has 1 fully saturated rings. The fourth-order valence-electron chi connectivity index (χ4n) is 3.01. The normalized spacial score (nSPS) is 28.2. The monoisotopic (exact) mass is 292 g/mol. The summed E-state index contributed by atoms with van der Waals surface area (Å²) in [7, 11) is 0. The maximum Gasteiger partial charge on any atom is 0.270 e. The second kappa shape index (κ2) is 5.00. The Kier molecular flexibility index (Phi) is 3.29. The lowest BCUT2D eigenvalue weighted by Crippen LogP contribution is -2.47. The number of carbonyl (C=O) groups is 1. The van der Waals surface area contributed by atoms with Gasteiger partial charge in [-0.15, -0.1) is 0 Å². The van der Waals surface area contributed by atoms with E-state index in [1.807, 2.05) is 0 Å². The number of aliphatic hydroxyl groups excluding tert-OH is 1. The Labute approximate surface area is 121 Å². The van der Waals surface area contributed by atoms with Crippen molar-refractivity contribution >= 4 is 11.6 Å². The second-order valence-corrected chi connectivity index (χ2v) is 5.43. The number of ether oxygens (including phenoxy) is 1. The van der Waals surface area contributed by atoms with Crippen LogP contribution in [0.1, 0.15) is 31.4 Å². The number of aliphatic hydroxyl groups is 1. The van der Waals surface area contributed by atoms with Gasteiger partial charge in [-0.05, 0) is 19.4 Å². The summed E-state index contributed by atoms with van der Waals surface area (Å²) in [4.78, 5) is 24.1. The molecule has 7 nitrogen and oxygen atoms in total. The highest BCUT2D eigenvalue weighted by atomic mass is 16.6. The number of hydrogen-bond donors (Lipinski definition) is 1. The van der Waals surface area contributed by atoms with Gasteiger partial charge in [-0.2, -0.15) is 0 Å². The molecule has 0 bridgehead atoms. The molecular weight excluding hydrogens is 276 g/mol. The Morgan fingerprint density at radius 3 is 2.86 bits per heavy atom. The first-order valence-corrected chi connectivity index (χ1v) is 6.91. The van der Waals surface area contributed by atoms with Gasteiger partial charge in [-0.25, -0.2) is 0 Å². The minimum Gasteiger partial charge on any atom is -0.488 e. The highest BCUT2D eigenvalue weighted by molar-refractivity contribution is 5.79. The van der Waals surface area contributed by atoms with E-state index >= 15 is 0 Å². The highest BCUT2D eigenvalue weighted by Gasteiger charge is 2.42. The maximum atomic E-state index is 12.0. The van der Waals surface area contributed by atoms with Crippen molar-refractivity contribution in [2.24, 2.45) is 0 Å². The SMILES string of the molecule is CC1Oc2ccc([N+](=O)[O-])cc2[C@@H](N2CCCC2=O)[C@@H]1O. The molecule has 1 unspecified atom stereocenters. The van der Waals surface area contributed by atoms with E-state index in [1.54, 1.807) is 11.8 Å². The van der Waals surface area contributed by atoms with Crippen molar-refractivity contribution < 1.29 is 19.6 Å². The summed E-state index contributed by atoms with van der Waals surface area (Å²) in [5, 5.41) is 21.3. The summed E-state index contributed by atoms with van der Waals surface area (Å²) in [5.41, 5.74) is 0.431. The minimum atomic E-state index is -0.901. The third kappa shape index (κ3) is 2.23. The van der Waals surface area contributed by atoms with Gasteiger partial charge in [0.2, 0.25) is 5.91 Å². The number of nitrogens with zero attached hydrogens (tertiary/aromatic N) is 2. The van der Waals surface area contributed by atoms with Crippen LogP contribution in [-0.4, -0.2) is 39.6 Å². The van der Waals surface area contributed by atoms with Gasteiger partial charge in [0, 0.05) is 30.7 Å². The van der Waals surface area contributed by atoms with E-state index in [4.69, 9.17) is 4.74 Å². The van der Waals surface area contributed by atoms with Crippen LogP contribution in [-0.2, 0) is 4.79 Å². The molecule has 1 N–H and O–H groups in total. The Morgan fingerprint density at radius 2 is 2.24 bits per heavy atom. The van der Waals surface area contributed by atoms with Gasteiger partial charge in [-0.3, -0.25) is 14.9 Å². The lowest BCUT2D eigenvalue weighted by molar-refractivity contribution is -0.385. The Bertz CT molecular complexity index is 603. The topological polar surface area (TPSA) is 92.9 Å². The van der Waals surface area contributed by atoms with Gasteiger partial charge in [0.15, 0.2) is 0 Å². The van der Waals surface area contributed by atoms with Gasteiger partial charge in [0.1, 0.15) is 18.0 Å². The molecule has 0 radical (unpaired) electrons. The molecule has 0 aromatic heterocycles. The fourth-order valence-corrected chi connectivity index (χ4v) is 3.01. The quantitative estimate of drug-likeness (QED) is 0.657. The van der Waals surface area contributed by atoms with E-state index < -0.39 is 23.2 Å². The van der Waals surface area contributed by atoms with Crippen LogP contribution in [0.25, 0.3) is 0 Å². The van der Waals surface area contributed by atoms with Gasteiger partial charge in [0.05, 0.1) is 11.0 Å². The molecule has 3 atom stereocenters. The van der Waals surface area contributed by atoms with Gasteiger partial charge >= 0.3 is 0 Å². The predicted octanol–water partition coefficient (Wildman–Crippen LogP) is 1.40. The van der Waals surface area contributed by atoms with E-state index in [9.17, 15) is 20.0 Å². The molecule has 0 spiro atoms. The van der Waals surface area contributed by atoms with Gasteiger partial charge in [-0.1, -0.05) is 0 Å². The summed E-state index contributed by atoms with van der Waals surface area (Å²) in [5.74, 6) is 0.453. The standard InChI is InChI=1S/C14H16N2O5/c1-8-14(18)13(15-6-2-3-12(15)17)10-7-9(16(19)20)4-5-11(10)21-8/h4-5,7-8,13-14,18H,2-3,6H2,1H3/t8?,13-,14-/m1/s1. The largest absolute Gasteiger partial charge is 0.488 e. The number of rotatable bonds is 2. The van der Waals surface area contributed by atoms with E-state index in [2.05, 4.69) is 0 Å². The third-order valence-electron chi connectivity index (χ3n) is 4.09. The zero-order valence-corrected chi connectivity index (χ0v) is 11.6. The van der Waals surface area contributed by atoms with E-state index in [-0.39, 0.29) is 11.6 Å². The number of carbonyl (C=O) groups excluding carboxylic acids is 1. The highest BCUT2D eigenvalue weighted by Crippen LogP contribution is 2.41. The molecule has 1 amide bonds. The lowest BCUT2D eigenvalue weighted by Gasteiger charge is -2.39. The van der Waals surface area contributed by atoms with Crippen LogP contribution >= 0.6 is 0 Å². The van der Waals surface area contributed by atoms with Crippen molar-refractivity contribution in [1.29, 1.82) is 0 Å². The number of fused-ring (bicyclic) bond motifs is 1. The van der Waals surface area contributed by atoms with Crippen LogP contribution in [0.15, 0.2) is 18.2 Å². The summed E-state index contributed by atoms with van der Waals surface area (Å²) in [6, 6.07) is 3.70. The molecule has 0 aliphatic carbocycles. The van der Waals surface area contributed by atoms with Crippen LogP contribution in [0.5, 0.6) is 5.75 Å². The number of non-ortho nitro benzene ring substituents is 1. The predicted molar refractivity (Wildman–Crippen MR) is 72.9 cm³/mol. The average Bonchev–Trinajstić information content (AvgIpc) is 2.86. The first-order chi connectivity index (χ1) is 9.99. The first kappa shape index (κ1) is 13.8. The molecule has 2 heterocycles. The molecule has 2 aliphatic rings. The number of benzene rings is 1. The van der Waals surface area contributed by atoms with Crippen LogP contribution in [0.2, 0.25) is 0 Å². The molecule has 21 heavy (non-hydrogen) atoms. The lowest BCUT2D eigenvalue weighted by atomic mass is 9.92. The molecule has 2 aliphatic heterocycles. The van der Waals surface area contributed by atoms with Crippen molar-refractivity contribution in [2.45, 2.75) is 38.0 Å². The third-order valence-corrected chi connectivity index (χ3v) is 4.09. The number of amides is 1. The van der Waals surface area contributed by atoms with E-state index in [0.717, 1.165) is 6.42 Å². The molecule has 1 aromatic rings. The average molecular weight is 292 g/mol. The molecular formula is C14H16N2O5. The maximum absolute atomic E-state index is 12.0. The summed E-state index contributed by atoms with van der Waals surface area (Å²) in [6.45, 7) is 2.28. The zero-order chi connectivity index (χ0) is 15.1. The van der Waals surface area contributed by atoms with Crippen LogP contribution in [0.4, 0.5) is 5.69 Å². The minimum absolute atomic E-state index is 0.0365. The van der Waals surface area contributed by atoms with Crippen molar-refractivity contribution in [3.8, 4) is 5.75 Å². The number of nitro groups is 1. The number of likely N-dealkylation sites (tertiary alicyclic amines) is 1. The molecule has 1 aromatic carbocycles. The van der Waals surface area contributed by atoms with Gasteiger partial charge in [0.25, 0.3) is 5.69 Å². The summed E-state index contributed by atoms with van der Waals surface area (Å²) in [6.07, 6.45) is -0.191. The molecule has 1 saturated heterocycles. The number of nitro benzene ring substituents is 1. The van der Waals surface area contributed by atoms with E-state index in [1.165, 1.54) is 18.2 Å². The zero-order valence-electron chi connectivity index (χ0n) is 11.6. The molecule has 7 heteroatoms. The van der Waals surface area contributed by atoms with Crippen molar-refractivity contribution in [2.75, 3.05) is 6.54 Å². The summed E-state index contributed by atoms with van der Waals surface area (Å²) >= 11 is 0. The number of hydrogen-bond acceptors (Lipinski definition) is 5. The molecule has 0 saturated carbocycles. The van der Waals surface area contributed by atoms with Gasteiger partial charge < -0.3 is 14.7 Å². The Hall–Kier alpha value is -2.15. The van der Waals surface area contributed by atoms with Crippen molar-refractivity contribution in [3.63, 3.8) is 0 Å².